The highest BCUT2D eigenvalue weighted by Gasteiger charge is 2.21. The van der Waals surface area contributed by atoms with Gasteiger partial charge in [-0.1, -0.05) is 24.6 Å². The summed E-state index contributed by atoms with van der Waals surface area (Å²) in [4.78, 5) is 12.0. The summed E-state index contributed by atoms with van der Waals surface area (Å²) in [5.74, 6) is 1.28. The third-order valence-corrected chi connectivity index (χ3v) is 4.03. The maximum Gasteiger partial charge on any atom is 0.224 e. The monoisotopic (exact) mass is 296 g/mol. The number of halogens is 1. The lowest BCUT2D eigenvalue weighted by Gasteiger charge is -2.27. The van der Waals surface area contributed by atoms with Crippen molar-refractivity contribution < 1.29 is 4.79 Å². The van der Waals surface area contributed by atoms with E-state index < -0.39 is 0 Å². The molecule has 2 N–H and O–H groups in total. The quantitative estimate of drug-likeness (QED) is 0.894. The Hall–Kier alpha value is -1.06. The predicted molar refractivity (Wildman–Crippen MR) is 86.4 cm³/mol. The zero-order valence-corrected chi connectivity index (χ0v) is 13.1. The van der Waals surface area contributed by atoms with Crippen LogP contribution in [0.3, 0.4) is 0 Å². The molecule has 0 aliphatic carbocycles. The summed E-state index contributed by atoms with van der Waals surface area (Å²) in [5, 5.41) is 6.35. The minimum Gasteiger partial charge on any atom is -0.326 e. The number of carbonyl (C=O) groups excluding carboxylic acids is 1. The van der Waals surface area contributed by atoms with Crippen LogP contribution in [0.1, 0.15) is 31.7 Å². The molecule has 1 fully saturated rings. The van der Waals surface area contributed by atoms with E-state index in [1.807, 2.05) is 31.2 Å². The number of benzene rings is 1. The molecule has 1 aromatic carbocycles. The van der Waals surface area contributed by atoms with Crippen molar-refractivity contribution in [3.8, 4) is 0 Å². The molecule has 0 bridgehead atoms. The van der Waals surface area contributed by atoms with Gasteiger partial charge in [0.05, 0.1) is 0 Å². The van der Waals surface area contributed by atoms with Crippen molar-refractivity contribution in [1.29, 1.82) is 0 Å². The zero-order chi connectivity index (χ0) is 13.7. The maximum absolute atomic E-state index is 12.0. The van der Waals surface area contributed by atoms with Gasteiger partial charge < -0.3 is 10.6 Å². The SMILES string of the molecule is Cc1ccc(NC(=O)CC(C)C2CCNCC2)cc1.Cl. The van der Waals surface area contributed by atoms with Gasteiger partial charge >= 0.3 is 0 Å². The summed E-state index contributed by atoms with van der Waals surface area (Å²) in [5.41, 5.74) is 2.11. The van der Waals surface area contributed by atoms with Gasteiger partial charge in [-0.2, -0.15) is 0 Å². The molecule has 3 nitrogen and oxygen atoms in total. The number of anilines is 1. The number of rotatable bonds is 4. The minimum atomic E-state index is 0. The fraction of sp³-hybridized carbons (Fsp3) is 0.562. The lowest BCUT2D eigenvalue weighted by molar-refractivity contribution is -0.117. The van der Waals surface area contributed by atoms with Crippen molar-refractivity contribution in [2.24, 2.45) is 11.8 Å². The second-order valence-electron chi connectivity index (χ2n) is 5.68. The molecule has 0 spiro atoms. The molecule has 1 aliphatic rings. The van der Waals surface area contributed by atoms with Gasteiger partial charge in [0, 0.05) is 12.1 Å². The van der Waals surface area contributed by atoms with E-state index in [4.69, 9.17) is 0 Å². The summed E-state index contributed by atoms with van der Waals surface area (Å²) in [6.45, 7) is 6.43. The molecule has 1 aromatic rings. The number of carbonyl (C=O) groups is 1. The first kappa shape index (κ1) is 17.0. The molecule has 0 aromatic heterocycles. The Morgan fingerprint density at radius 3 is 2.50 bits per heavy atom. The molecule has 112 valence electrons. The highest BCUT2D eigenvalue weighted by Crippen LogP contribution is 2.24. The van der Waals surface area contributed by atoms with Gasteiger partial charge in [-0.25, -0.2) is 0 Å². The number of hydrogen-bond acceptors (Lipinski definition) is 2. The Balaban J connectivity index is 0.00000200. The number of amides is 1. The fourth-order valence-electron chi connectivity index (χ4n) is 2.72. The van der Waals surface area contributed by atoms with E-state index in [0.717, 1.165) is 18.8 Å². The zero-order valence-electron chi connectivity index (χ0n) is 12.3. The minimum absolute atomic E-state index is 0. The predicted octanol–water partition coefficient (Wildman–Crippen LogP) is 3.38. The Morgan fingerprint density at radius 2 is 1.90 bits per heavy atom. The van der Waals surface area contributed by atoms with Crippen molar-refractivity contribution in [3.63, 3.8) is 0 Å². The van der Waals surface area contributed by atoms with E-state index in [2.05, 4.69) is 17.6 Å². The third-order valence-electron chi connectivity index (χ3n) is 4.03. The molecular weight excluding hydrogens is 272 g/mol. The summed E-state index contributed by atoms with van der Waals surface area (Å²) in [6, 6.07) is 7.96. The molecule has 4 heteroatoms. The molecule has 1 aliphatic heterocycles. The first-order chi connectivity index (χ1) is 9.15. The van der Waals surface area contributed by atoms with Crippen molar-refractivity contribution in [2.45, 2.75) is 33.1 Å². The second kappa shape index (κ2) is 8.28. The smallest absolute Gasteiger partial charge is 0.224 e. The van der Waals surface area contributed by atoms with Crippen molar-refractivity contribution in [3.05, 3.63) is 29.8 Å². The van der Waals surface area contributed by atoms with Crippen LogP contribution in [0.2, 0.25) is 0 Å². The Morgan fingerprint density at radius 1 is 1.30 bits per heavy atom. The molecule has 2 rings (SSSR count). The highest BCUT2D eigenvalue weighted by molar-refractivity contribution is 5.90. The molecule has 1 heterocycles. The van der Waals surface area contributed by atoms with Crippen LogP contribution >= 0.6 is 12.4 Å². The third kappa shape index (κ3) is 5.14. The molecule has 1 saturated heterocycles. The van der Waals surface area contributed by atoms with Crippen LogP contribution in [-0.4, -0.2) is 19.0 Å². The number of aryl methyl sites for hydroxylation is 1. The maximum atomic E-state index is 12.0. The summed E-state index contributed by atoms with van der Waals surface area (Å²) >= 11 is 0. The van der Waals surface area contributed by atoms with Gasteiger partial charge in [0.15, 0.2) is 0 Å². The molecule has 0 saturated carbocycles. The van der Waals surface area contributed by atoms with Crippen LogP contribution < -0.4 is 10.6 Å². The molecular formula is C16H25ClN2O. The van der Waals surface area contributed by atoms with Crippen molar-refractivity contribution in [1.82, 2.24) is 5.32 Å². The van der Waals surface area contributed by atoms with Gasteiger partial charge in [-0.3, -0.25) is 4.79 Å². The topological polar surface area (TPSA) is 41.1 Å². The number of hydrogen-bond donors (Lipinski definition) is 2. The molecule has 0 radical (unpaired) electrons. The molecule has 1 unspecified atom stereocenters. The summed E-state index contributed by atoms with van der Waals surface area (Å²) < 4.78 is 0. The average molecular weight is 297 g/mol. The normalized spacial score (nSPS) is 17.1. The lowest BCUT2D eigenvalue weighted by atomic mass is 9.84. The van der Waals surface area contributed by atoms with E-state index in [-0.39, 0.29) is 18.3 Å². The largest absolute Gasteiger partial charge is 0.326 e. The fourth-order valence-corrected chi connectivity index (χ4v) is 2.72. The van der Waals surface area contributed by atoms with Crippen LogP contribution in [0.5, 0.6) is 0 Å². The molecule has 1 atom stereocenters. The van der Waals surface area contributed by atoms with Crippen LogP contribution in [0, 0.1) is 18.8 Å². The number of piperidine rings is 1. The van der Waals surface area contributed by atoms with E-state index >= 15 is 0 Å². The first-order valence-corrected chi connectivity index (χ1v) is 7.22. The van der Waals surface area contributed by atoms with E-state index in [0.29, 0.717) is 18.3 Å². The van der Waals surface area contributed by atoms with E-state index in [1.165, 1.54) is 18.4 Å². The van der Waals surface area contributed by atoms with Crippen LogP contribution in [0.25, 0.3) is 0 Å². The highest BCUT2D eigenvalue weighted by atomic mass is 35.5. The lowest BCUT2D eigenvalue weighted by Crippen LogP contribution is -2.32. The van der Waals surface area contributed by atoms with Crippen LogP contribution in [0.4, 0.5) is 5.69 Å². The van der Waals surface area contributed by atoms with Gasteiger partial charge in [-0.15, -0.1) is 12.4 Å². The summed E-state index contributed by atoms with van der Waals surface area (Å²) in [6.07, 6.45) is 3.01. The number of nitrogens with one attached hydrogen (secondary N) is 2. The van der Waals surface area contributed by atoms with Gasteiger partial charge in [0.1, 0.15) is 0 Å². The standard InChI is InChI=1S/C16H24N2O.ClH/c1-12-3-5-15(6-4-12)18-16(19)11-13(2)14-7-9-17-10-8-14;/h3-6,13-14,17H,7-11H2,1-2H3,(H,18,19);1H. The Bertz CT molecular complexity index is 413. The van der Waals surface area contributed by atoms with E-state index in [9.17, 15) is 4.79 Å². The summed E-state index contributed by atoms with van der Waals surface area (Å²) in [7, 11) is 0. The van der Waals surface area contributed by atoms with Crippen LogP contribution in [0.15, 0.2) is 24.3 Å². The van der Waals surface area contributed by atoms with Gasteiger partial charge in [0.2, 0.25) is 5.91 Å². The van der Waals surface area contributed by atoms with Gasteiger partial charge in [-0.05, 0) is 56.8 Å². The van der Waals surface area contributed by atoms with Gasteiger partial charge in [0.25, 0.3) is 0 Å². The first-order valence-electron chi connectivity index (χ1n) is 7.22. The van der Waals surface area contributed by atoms with Crippen LogP contribution in [-0.2, 0) is 4.79 Å². The van der Waals surface area contributed by atoms with Crippen molar-refractivity contribution >= 4 is 24.0 Å². The average Bonchev–Trinajstić information content (AvgIpc) is 2.42. The Kier molecular flexibility index (Phi) is 7.03. The molecule has 20 heavy (non-hydrogen) atoms. The Labute approximate surface area is 127 Å². The van der Waals surface area contributed by atoms with E-state index in [1.54, 1.807) is 0 Å². The van der Waals surface area contributed by atoms with Crippen molar-refractivity contribution in [2.75, 3.05) is 18.4 Å². The second-order valence-corrected chi connectivity index (χ2v) is 5.68. The molecule has 1 amide bonds.